The minimum Gasteiger partial charge on any atom is -0.480 e. The van der Waals surface area contributed by atoms with Crippen LogP contribution >= 0.6 is 0 Å². The summed E-state index contributed by atoms with van der Waals surface area (Å²) in [5.41, 5.74) is 21.6. The van der Waals surface area contributed by atoms with Crippen molar-refractivity contribution in [1.82, 2.24) is 9.97 Å². The summed E-state index contributed by atoms with van der Waals surface area (Å²) in [5, 5.41) is 33.2. The average molecular weight is 521 g/mol. The third kappa shape index (κ3) is 19.3. The van der Waals surface area contributed by atoms with Crippen molar-refractivity contribution in [3.05, 3.63) is 18.2 Å². The van der Waals surface area contributed by atoms with Gasteiger partial charge in [0.25, 0.3) is 0 Å². The number of hydrogen-bond acceptors (Lipinski definition) is 9. The molecule has 1 rings (SSSR count). The van der Waals surface area contributed by atoms with Crippen LogP contribution in [0.2, 0.25) is 0 Å². The molecule has 0 aliphatic heterocycles. The molecule has 0 spiro atoms. The number of hydrogen-bond donors (Lipinski definition) is 9. The molecule has 14 nitrogen and oxygen atoms in total. The highest BCUT2D eigenvalue weighted by molar-refractivity contribution is 5.74. The SMILES string of the molecule is CC(C)[C@H](N)C(=O)O.CC(C)[C@H](N)C(=O)O.CC[C@H](C)[C@H](N)C(=O)O.N[C@@H](Cc1cnc[nH]1)C(=O)O. The van der Waals surface area contributed by atoms with Crippen molar-refractivity contribution in [2.75, 3.05) is 0 Å². The molecule has 1 aromatic heterocycles. The molecule has 1 heterocycles. The highest BCUT2D eigenvalue weighted by Crippen LogP contribution is 2.04. The summed E-state index contributed by atoms with van der Waals surface area (Å²) in [6, 6.07) is -2.98. The number of rotatable bonds is 10. The van der Waals surface area contributed by atoms with Crippen molar-refractivity contribution in [2.24, 2.45) is 40.7 Å². The molecule has 0 saturated carbocycles. The molecule has 0 radical (unpaired) electrons. The number of nitrogens with zero attached hydrogens (tertiary/aromatic N) is 1. The number of aliphatic carboxylic acids is 4. The molecular formula is C22H44N6O8. The van der Waals surface area contributed by atoms with E-state index in [2.05, 4.69) is 9.97 Å². The van der Waals surface area contributed by atoms with Crippen LogP contribution in [0.1, 0.15) is 53.7 Å². The molecule has 0 aromatic carbocycles. The number of carboxylic acids is 4. The first-order valence-corrected chi connectivity index (χ1v) is 11.3. The van der Waals surface area contributed by atoms with Crippen LogP contribution in [-0.4, -0.2) is 78.4 Å². The quantitative estimate of drug-likeness (QED) is 0.195. The van der Waals surface area contributed by atoms with Gasteiger partial charge in [-0.1, -0.05) is 48.0 Å². The van der Waals surface area contributed by atoms with Crippen LogP contribution in [0.5, 0.6) is 0 Å². The zero-order chi connectivity index (χ0) is 29.2. The lowest BCUT2D eigenvalue weighted by Crippen LogP contribution is -2.36. The van der Waals surface area contributed by atoms with Crippen LogP contribution in [0, 0.1) is 17.8 Å². The van der Waals surface area contributed by atoms with Gasteiger partial charge in [-0.25, -0.2) is 4.98 Å². The molecule has 14 heteroatoms. The number of nitrogens with two attached hydrogens (primary N) is 4. The Bertz CT molecular complexity index is 734. The maximum Gasteiger partial charge on any atom is 0.320 e. The third-order valence-electron chi connectivity index (χ3n) is 4.86. The zero-order valence-electron chi connectivity index (χ0n) is 21.8. The molecule has 0 amide bonds. The Morgan fingerprint density at radius 3 is 1.33 bits per heavy atom. The van der Waals surface area contributed by atoms with Crippen LogP contribution in [0.15, 0.2) is 12.5 Å². The second kappa shape index (κ2) is 20.2. The molecule has 5 atom stereocenters. The van der Waals surface area contributed by atoms with Gasteiger partial charge in [0.2, 0.25) is 0 Å². The minimum atomic E-state index is -1.00. The summed E-state index contributed by atoms with van der Waals surface area (Å²) < 4.78 is 0. The van der Waals surface area contributed by atoms with Crippen molar-refractivity contribution in [1.29, 1.82) is 0 Å². The number of H-pyrrole nitrogens is 1. The van der Waals surface area contributed by atoms with E-state index >= 15 is 0 Å². The molecule has 0 fully saturated rings. The van der Waals surface area contributed by atoms with E-state index in [0.29, 0.717) is 0 Å². The number of carbonyl (C=O) groups is 4. The Morgan fingerprint density at radius 1 is 0.778 bits per heavy atom. The van der Waals surface area contributed by atoms with Crippen molar-refractivity contribution in [3.63, 3.8) is 0 Å². The molecule has 1 aromatic rings. The van der Waals surface area contributed by atoms with Gasteiger partial charge >= 0.3 is 23.9 Å². The predicted octanol–water partition coefficient (Wildman–Crippen LogP) is -0.0829. The Labute approximate surface area is 211 Å². The van der Waals surface area contributed by atoms with Crippen molar-refractivity contribution >= 4 is 23.9 Å². The Morgan fingerprint density at radius 2 is 1.17 bits per heavy atom. The van der Waals surface area contributed by atoms with Crippen LogP contribution in [0.4, 0.5) is 0 Å². The molecule has 210 valence electrons. The van der Waals surface area contributed by atoms with Crippen molar-refractivity contribution in [3.8, 4) is 0 Å². The molecule has 0 aliphatic rings. The fourth-order valence-electron chi connectivity index (χ4n) is 1.79. The van der Waals surface area contributed by atoms with E-state index in [1.54, 1.807) is 33.9 Å². The van der Waals surface area contributed by atoms with E-state index in [0.717, 1.165) is 12.1 Å². The first-order chi connectivity index (χ1) is 16.4. The first kappa shape index (κ1) is 37.5. The lowest BCUT2D eigenvalue weighted by atomic mass is 10.0. The van der Waals surface area contributed by atoms with E-state index in [1.807, 2.05) is 13.8 Å². The monoisotopic (exact) mass is 520 g/mol. The van der Waals surface area contributed by atoms with Crippen LogP contribution in [0.3, 0.4) is 0 Å². The Hall–Kier alpha value is -3.07. The second-order valence-corrected chi connectivity index (χ2v) is 8.69. The maximum atomic E-state index is 10.3. The van der Waals surface area contributed by atoms with E-state index in [4.69, 9.17) is 43.4 Å². The van der Waals surface area contributed by atoms with E-state index < -0.39 is 48.0 Å². The van der Waals surface area contributed by atoms with E-state index in [1.165, 1.54) is 6.33 Å². The molecule has 13 N–H and O–H groups in total. The fourth-order valence-corrected chi connectivity index (χ4v) is 1.79. The standard InChI is InChI=1S/C6H9N3O2.C6H13NO2.2C5H11NO2/c7-5(6(10)11)1-4-2-8-3-9-4;1-3-4(2)5(7)6(8)9;2*1-3(2)4(6)5(7)8/h2-3,5H,1,7H2,(H,8,9)(H,10,11);4-5H,3,7H2,1-2H3,(H,8,9);2*3-4H,6H2,1-2H3,(H,7,8)/t5-;4-,5-;2*4-/m0000/s1. The number of aromatic nitrogens is 2. The summed E-state index contributed by atoms with van der Waals surface area (Å²) in [4.78, 5) is 47.0. The van der Waals surface area contributed by atoms with Gasteiger partial charge in [0.1, 0.15) is 24.2 Å². The minimum absolute atomic E-state index is 0.0208. The molecule has 0 saturated heterocycles. The molecular weight excluding hydrogens is 476 g/mol. The van der Waals surface area contributed by atoms with Crippen LogP contribution in [-0.2, 0) is 25.6 Å². The fraction of sp³-hybridized carbons (Fsp3) is 0.682. The normalized spacial score (nSPS) is 14.3. The average Bonchev–Trinajstić information content (AvgIpc) is 3.30. The lowest BCUT2D eigenvalue weighted by molar-refractivity contribution is -0.140. The first-order valence-electron chi connectivity index (χ1n) is 11.3. The molecule has 0 unspecified atom stereocenters. The van der Waals surface area contributed by atoms with Gasteiger partial charge in [-0.2, -0.15) is 0 Å². The summed E-state index contributed by atoms with van der Waals surface area (Å²) in [6.45, 7) is 10.9. The smallest absolute Gasteiger partial charge is 0.320 e. The molecule has 0 aliphatic carbocycles. The molecule has 36 heavy (non-hydrogen) atoms. The third-order valence-corrected chi connectivity index (χ3v) is 4.86. The largest absolute Gasteiger partial charge is 0.480 e. The second-order valence-electron chi connectivity index (χ2n) is 8.69. The van der Waals surface area contributed by atoms with E-state index in [-0.39, 0.29) is 24.2 Å². The van der Waals surface area contributed by atoms with Gasteiger partial charge in [-0.05, 0) is 17.8 Å². The number of nitrogens with one attached hydrogen (secondary N) is 1. The maximum absolute atomic E-state index is 10.3. The zero-order valence-corrected chi connectivity index (χ0v) is 21.8. The van der Waals surface area contributed by atoms with Crippen molar-refractivity contribution in [2.45, 2.75) is 78.6 Å². The van der Waals surface area contributed by atoms with Gasteiger partial charge in [0.15, 0.2) is 0 Å². The highest BCUT2D eigenvalue weighted by Gasteiger charge is 2.17. The summed E-state index contributed by atoms with van der Waals surface area (Å²) in [6.07, 6.45) is 4.15. The molecule has 0 bridgehead atoms. The summed E-state index contributed by atoms with van der Waals surface area (Å²) in [5.74, 6) is -3.66. The topological polar surface area (TPSA) is 282 Å². The number of imidazole rings is 1. The Balaban J connectivity index is -0.000000408. The Kier molecular flexibility index (Phi) is 21.0. The van der Waals surface area contributed by atoms with Crippen LogP contribution in [0.25, 0.3) is 0 Å². The summed E-state index contributed by atoms with van der Waals surface area (Å²) in [7, 11) is 0. The number of aromatic amines is 1. The van der Waals surface area contributed by atoms with Gasteiger partial charge < -0.3 is 48.3 Å². The summed E-state index contributed by atoms with van der Waals surface area (Å²) >= 11 is 0. The van der Waals surface area contributed by atoms with Gasteiger partial charge in [-0.3, -0.25) is 19.2 Å². The van der Waals surface area contributed by atoms with Gasteiger partial charge in [0, 0.05) is 18.3 Å². The van der Waals surface area contributed by atoms with Gasteiger partial charge in [-0.15, -0.1) is 0 Å². The van der Waals surface area contributed by atoms with Gasteiger partial charge in [0.05, 0.1) is 6.33 Å². The van der Waals surface area contributed by atoms with Crippen LogP contribution < -0.4 is 22.9 Å². The number of carboxylic acid groups (broad SMARTS) is 4. The van der Waals surface area contributed by atoms with Crippen molar-refractivity contribution < 1.29 is 39.6 Å². The van der Waals surface area contributed by atoms with E-state index in [9.17, 15) is 19.2 Å². The highest BCUT2D eigenvalue weighted by atomic mass is 16.4. The predicted molar refractivity (Wildman–Crippen MR) is 134 cm³/mol. The lowest BCUT2D eigenvalue weighted by Gasteiger charge is -2.11.